The molecule has 0 radical (unpaired) electrons. The van der Waals surface area contributed by atoms with Gasteiger partial charge in [0.25, 0.3) is 5.91 Å². The summed E-state index contributed by atoms with van der Waals surface area (Å²) in [4.78, 5) is 26.5. The Morgan fingerprint density at radius 1 is 1.17 bits per heavy atom. The van der Waals surface area contributed by atoms with Gasteiger partial charge < -0.3 is 14.1 Å². The molecule has 0 bridgehead atoms. The van der Waals surface area contributed by atoms with Gasteiger partial charge in [0.05, 0.1) is 12.5 Å². The Balaban J connectivity index is 1.38. The fraction of sp³-hybridized carbons (Fsp3) is 0.273. The quantitative estimate of drug-likeness (QED) is 0.643. The smallest absolute Gasteiger partial charge is 0.322 e. The van der Waals surface area contributed by atoms with Gasteiger partial charge in [0.1, 0.15) is 5.75 Å². The molecule has 2 heterocycles. The van der Waals surface area contributed by atoms with E-state index in [1.54, 1.807) is 29.2 Å². The molecule has 1 fully saturated rings. The minimum Gasteiger partial charge on any atom is -0.494 e. The van der Waals surface area contributed by atoms with Crippen LogP contribution in [-0.4, -0.2) is 35.2 Å². The third kappa shape index (κ3) is 4.32. The van der Waals surface area contributed by atoms with Crippen LogP contribution in [0.1, 0.15) is 41.9 Å². The summed E-state index contributed by atoms with van der Waals surface area (Å²) in [6, 6.07) is 16.3. The molecule has 4 rings (SSSR count). The van der Waals surface area contributed by atoms with Crippen molar-refractivity contribution in [2.24, 2.45) is 0 Å². The first-order valence-corrected chi connectivity index (χ1v) is 9.87. The zero-order chi connectivity index (χ0) is 20.9. The predicted molar refractivity (Wildman–Crippen MR) is 111 cm³/mol. The highest BCUT2D eigenvalue weighted by Gasteiger charge is 2.35. The number of para-hydroxylation sites is 1. The second-order valence-corrected chi connectivity index (χ2v) is 7.01. The molecular formula is C22H22N4O4. The maximum absolute atomic E-state index is 12.4. The molecule has 0 aliphatic carbocycles. The van der Waals surface area contributed by atoms with Crippen molar-refractivity contribution in [2.75, 3.05) is 23.4 Å². The van der Waals surface area contributed by atoms with Crippen molar-refractivity contribution in [3.8, 4) is 5.75 Å². The highest BCUT2D eigenvalue weighted by molar-refractivity contribution is 6.03. The maximum atomic E-state index is 12.4. The van der Waals surface area contributed by atoms with Crippen molar-refractivity contribution >= 4 is 23.5 Å². The minimum atomic E-state index is -0.361. The van der Waals surface area contributed by atoms with E-state index in [1.807, 2.05) is 37.3 Å². The first-order valence-electron chi connectivity index (χ1n) is 9.87. The monoisotopic (exact) mass is 406 g/mol. The van der Waals surface area contributed by atoms with Gasteiger partial charge in [-0.1, -0.05) is 30.2 Å². The lowest BCUT2D eigenvalue weighted by Crippen LogP contribution is -2.24. The first kappa shape index (κ1) is 19.6. The van der Waals surface area contributed by atoms with Crippen LogP contribution in [0.15, 0.2) is 59.0 Å². The molecule has 154 valence electrons. The van der Waals surface area contributed by atoms with Crippen molar-refractivity contribution in [2.45, 2.75) is 25.7 Å². The van der Waals surface area contributed by atoms with Crippen molar-refractivity contribution in [1.29, 1.82) is 0 Å². The molecule has 0 saturated carbocycles. The second-order valence-electron chi connectivity index (χ2n) is 7.01. The maximum Gasteiger partial charge on any atom is 0.322 e. The molecule has 1 aliphatic rings. The number of hydrogen-bond donors (Lipinski definition) is 1. The Kier molecular flexibility index (Phi) is 5.74. The van der Waals surface area contributed by atoms with Crippen LogP contribution in [0.4, 0.5) is 11.7 Å². The van der Waals surface area contributed by atoms with Gasteiger partial charge >= 0.3 is 6.01 Å². The lowest BCUT2D eigenvalue weighted by molar-refractivity contribution is -0.117. The number of amides is 2. The van der Waals surface area contributed by atoms with Crippen molar-refractivity contribution in [3.05, 3.63) is 66.1 Å². The second kappa shape index (κ2) is 8.77. The summed E-state index contributed by atoms with van der Waals surface area (Å²) in [5.74, 6) is 0.467. The Morgan fingerprint density at radius 3 is 2.67 bits per heavy atom. The number of ether oxygens (including phenoxy) is 1. The molecule has 1 aromatic heterocycles. The topological polar surface area (TPSA) is 97.6 Å². The number of hydrogen-bond acceptors (Lipinski definition) is 6. The molecule has 8 heteroatoms. The van der Waals surface area contributed by atoms with E-state index < -0.39 is 0 Å². The highest BCUT2D eigenvalue weighted by atomic mass is 16.5. The largest absolute Gasteiger partial charge is 0.494 e. The molecular weight excluding hydrogens is 384 g/mol. The van der Waals surface area contributed by atoms with Crippen molar-refractivity contribution in [3.63, 3.8) is 0 Å². The predicted octanol–water partition coefficient (Wildman–Crippen LogP) is 3.63. The van der Waals surface area contributed by atoms with Crippen LogP contribution in [0, 0.1) is 0 Å². The van der Waals surface area contributed by atoms with E-state index in [4.69, 9.17) is 9.15 Å². The number of anilines is 2. The Bertz CT molecular complexity index is 1020. The SMILES string of the molecule is CCCOc1ccc(C(=O)Nc2nnc([C@@H]3CC(=O)N(c4ccccc4)C3)o2)cc1. The molecule has 2 aromatic carbocycles. The lowest BCUT2D eigenvalue weighted by Gasteiger charge is -2.15. The fourth-order valence-electron chi connectivity index (χ4n) is 3.27. The summed E-state index contributed by atoms with van der Waals surface area (Å²) in [6.45, 7) is 3.11. The summed E-state index contributed by atoms with van der Waals surface area (Å²) in [6.07, 6.45) is 1.20. The van der Waals surface area contributed by atoms with Gasteiger partial charge in [0.15, 0.2) is 0 Å². The normalized spacial score (nSPS) is 16.0. The summed E-state index contributed by atoms with van der Waals surface area (Å²) in [5.41, 5.74) is 1.29. The summed E-state index contributed by atoms with van der Waals surface area (Å²) in [7, 11) is 0. The van der Waals surface area contributed by atoms with Crippen LogP contribution < -0.4 is 15.0 Å². The van der Waals surface area contributed by atoms with Gasteiger partial charge in [-0.05, 0) is 42.8 Å². The Morgan fingerprint density at radius 2 is 1.93 bits per heavy atom. The minimum absolute atomic E-state index is 0.000340. The molecule has 1 N–H and O–H groups in total. The van der Waals surface area contributed by atoms with Crippen LogP contribution in [0.2, 0.25) is 0 Å². The third-order valence-corrected chi connectivity index (χ3v) is 4.79. The van der Waals surface area contributed by atoms with Crippen molar-refractivity contribution < 1.29 is 18.7 Å². The average Bonchev–Trinajstić information content (AvgIpc) is 3.39. The van der Waals surface area contributed by atoms with Crippen LogP contribution in [-0.2, 0) is 4.79 Å². The van der Waals surface area contributed by atoms with E-state index in [9.17, 15) is 9.59 Å². The van der Waals surface area contributed by atoms with Gasteiger partial charge in [0, 0.05) is 24.2 Å². The van der Waals surface area contributed by atoms with Gasteiger partial charge in [-0.15, -0.1) is 5.10 Å². The van der Waals surface area contributed by atoms with Crippen molar-refractivity contribution in [1.82, 2.24) is 10.2 Å². The molecule has 3 aromatic rings. The average molecular weight is 406 g/mol. The van der Waals surface area contributed by atoms with Crippen LogP contribution >= 0.6 is 0 Å². The molecule has 30 heavy (non-hydrogen) atoms. The van der Waals surface area contributed by atoms with Crippen LogP contribution in [0.25, 0.3) is 0 Å². The number of rotatable bonds is 7. The fourth-order valence-corrected chi connectivity index (χ4v) is 3.27. The molecule has 2 amide bonds. The van der Waals surface area contributed by atoms with Gasteiger partial charge in [0.2, 0.25) is 11.8 Å². The van der Waals surface area contributed by atoms with Crippen LogP contribution in [0.5, 0.6) is 5.75 Å². The van der Waals surface area contributed by atoms with E-state index in [1.165, 1.54) is 0 Å². The van der Waals surface area contributed by atoms with Gasteiger partial charge in [-0.25, -0.2) is 0 Å². The highest BCUT2D eigenvalue weighted by Crippen LogP contribution is 2.31. The molecule has 1 aliphatic heterocycles. The Labute approximate surface area is 173 Å². The molecule has 1 atom stereocenters. The number of carbonyl (C=O) groups is 2. The summed E-state index contributed by atoms with van der Waals surface area (Å²) < 4.78 is 11.1. The van der Waals surface area contributed by atoms with Gasteiger partial charge in [-0.3, -0.25) is 14.9 Å². The number of nitrogens with one attached hydrogen (secondary N) is 1. The third-order valence-electron chi connectivity index (χ3n) is 4.79. The zero-order valence-electron chi connectivity index (χ0n) is 16.6. The van der Waals surface area contributed by atoms with E-state index in [0.29, 0.717) is 30.4 Å². The molecule has 0 unspecified atom stereocenters. The van der Waals surface area contributed by atoms with Gasteiger partial charge in [-0.2, -0.15) is 0 Å². The number of benzene rings is 2. The lowest BCUT2D eigenvalue weighted by atomic mass is 10.1. The Hall–Kier alpha value is -3.68. The van der Waals surface area contributed by atoms with E-state index in [-0.39, 0.29) is 30.2 Å². The molecule has 0 spiro atoms. The zero-order valence-corrected chi connectivity index (χ0v) is 16.6. The number of nitrogens with zero attached hydrogens (tertiary/aromatic N) is 3. The standard InChI is InChI=1S/C22H22N4O4/c1-2-12-29-18-10-8-15(9-11-18)20(28)23-22-25-24-21(30-22)16-13-19(27)26(14-16)17-6-4-3-5-7-17/h3-11,16H,2,12-14H2,1H3,(H,23,25,28)/t16-/m1/s1. The summed E-state index contributed by atoms with van der Waals surface area (Å²) in [5, 5.41) is 10.5. The van der Waals surface area contributed by atoms with Crippen LogP contribution in [0.3, 0.4) is 0 Å². The molecule has 1 saturated heterocycles. The van der Waals surface area contributed by atoms with E-state index >= 15 is 0 Å². The number of carbonyl (C=O) groups excluding carboxylic acids is 2. The number of aromatic nitrogens is 2. The first-order chi connectivity index (χ1) is 14.6. The molecule has 8 nitrogen and oxygen atoms in total. The summed E-state index contributed by atoms with van der Waals surface area (Å²) >= 11 is 0. The van der Waals surface area contributed by atoms with E-state index in [0.717, 1.165) is 12.1 Å². The van der Waals surface area contributed by atoms with E-state index in [2.05, 4.69) is 15.5 Å².